The first-order chi connectivity index (χ1) is 4.33. The highest BCUT2D eigenvalue weighted by atomic mass is 32.2. The van der Waals surface area contributed by atoms with Gasteiger partial charge < -0.3 is 0 Å². The highest BCUT2D eigenvalue weighted by molar-refractivity contribution is 7.75. The van der Waals surface area contributed by atoms with Crippen molar-refractivity contribution in [2.24, 2.45) is 0 Å². The van der Waals surface area contributed by atoms with Crippen LogP contribution in [-0.2, 0) is 19.7 Å². The van der Waals surface area contributed by atoms with Crippen molar-refractivity contribution in [2.75, 3.05) is 6.61 Å². The van der Waals surface area contributed by atoms with E-state index < -0.39 is 11.4 Å². The van der Waals surface area contributed by atoms with Crippen LogP contribution in [0.2, 0.25) is 0 Å². The van der Waals surface area contributed by atoms with Crippen molar-refractivity contribution >= 4 is 11.4 Å². The Kier molecular flexibility index (Phi) is 2.22. The van der Waals surface area contributed by atoms with Gasteiger partial charge in [-0.1, -0.05) is 5.92 Å². The van der Waals surface area contributed by atoms with Gasteiger partial charge in [-0.2, -0.15) is 4.21 Å². The molecule has 0 aromatic rings. The van der Waals surface area contributed by atoms with E-state index in [1.54, 1.807) is 0 Å². The van der Waals surface area contributed by atoms with Crippen molar-refractivity contribution < 1.29 is 12.6 Å². The van der Waals surface area contributed by atoms with Gasteiger partial charge in [0.15, 0.2) is 0 Å². The van der Waals surface area contributed by atoms with E-state index in [1.807, 2.05) is 0 Å². The van der Waals surface area contributed by atoms with E-state index in [0.29, 0.717) is 13.0 Å². The Balaban J connectivity index is 2.43. The molecule has 3 nitrogen and oxygen atoms in total. The van der Waals surface area contributed by atoms with Gasteiger partial charge in [0.05, 0.1) is 6.61 Å². The second kappa shape index (κ2) is 2.97. The van der Waals surface area contributed by atoms with Crippen molar-refractivity contribution in [3.05, 3.63) is 0 Å². The first-order valence-electron chi connectivity index (χ1n) is 2.51. The Morgan fingerprint density at radius 2 is 2.56 bits per heavy atom. The standard InChI is InChI=1S/C5H6O3S/c1-2-5-3-4-7-9(6)8-5/h1,5H,3-4H2. The zero-order valence-corrected chi connectivity index (χ0v) is 5.52. The summed E-state index contributed by atoms with van der Waals surface area (Å²) in [5.41, 5.74) is 0. The first-order valence-corrected chi connectivity index (χ1v) is 3.51. The zero-order valence-electron chi connectivity index (χ0n) is 4.70. The molecule has 0 spiro atoms. The van der Waals surface area contributed by atoms with Crippen LogP contribution in [0.3, 0.4) is 0 Å². The van der Waals surface area contributed by atoms with Crippen LogP contribution in [0.1, 0.15) is 6.42 Å². The molecule has 0 aromatic heterocycles. The summed E-state index contributed by atoms with van der Waals surface area (Å²) in [6.07, 6.45) is 5.29. The van der Waals surface area contributed by atoms with Gasteiger partial charge in [0.25, 0.3) is 0 Å². The number of hydrogen-bond donors (Lipinski definition) is 0. The van der Waals surface area contributed by atoms with Crippen LogP contribution < -0.4 is 0 Å². The molecule has 1 rings (SSSR count). The SMILES string of the molecule is C#CC1CCOS(=O)O1. The Labute approximate surface area is 56.2 Å². The van der Waals surface area contributed by atoms with Crippen LogP contribution in [0.4, 0.5) is 0 Å². The molecule has 0 aromatic carbocycles. The van der Waals surface area contributed by atoms with E-state index >= 15 is 0 Å². The molecule has 0 radical (unpaired) electrons. The third kappa shape index (κ3) is 1.79. The Morgan fingerprint density at radius 3 is 3.00 bits per heavy atom. The van der Waals surface area contributed by atoms with Crippen LogP contribution in [0.15, 0.2) is 0 Å². The molecular weight excluding hydrogens is 140 g/mol. The molecule has 1 fully saturated rings. The minimum Gasteiger partial charge on any atom is -0.268 e. The van der Waals surface area contributed by atoms with Crippen molar-refractivity contribution in [1.29, 1.82) is 0 Å². The van der Waals surface area contributed by atoms with E-state index in [2.05, 4.69) is 14.3 Å². The molecule has 1 heterocycles. The van der Waals surface area contributed by atoms with Crippen molar-refractivity contribution in [1.82, 2.24) is 0 Å². The summed E-state index contributed by atoms with van der Waals surface area (Å²) in [5.74, 6) is 2.34. The predicted octanol–water partition coefficient (Wildman–Crippen LogP) is 0.00380. The van der Waals surface area contributed by atoms with Crippen molar-refractivity contribution in [3.63, 3.8) is 0 Å². The van der Waals surface area contributed by atoms with Gasteiger partial charge in [0.2, 0.25) is 0 Å². The first kappa shape index (κ1) is 6.75. The molecule has 1 aliphatic rings. The lowest BCUT2D eigenvalue weighted by Gasteiger charge is -2.14. The maximum absolute atomic E-state index is 10.4. The van der Waals surface area contributed by atoms with Gasteiger partial charge in [0, 0.05) is 6.42 Å². The largest absolute Gasteiger partial charge is 0.305 e. The summed E-state index contributed by atoms with van der Waals surface area (Å²) < 4.78 is 19.6. The molecular formula is C5H6O3S. The maximum Gasteiger partial charge on any atom is 0.305 e. The highest BCUT2D eigenvalue weighted by Gasteiger charge is 2.16. The zero-order chi connectivity index (χ0) is 6.69. The normalized spacial score (nSPS) is 35.4. The quantitative estimate of drug-likeness (QED) is 0.451. The van der Waals surface area contributed by atoms with Gasteiger partial charge in [0.1, 0.15) is 6.10 Å². The molecule has 0 amide bonds. The fourth-order valence-electron chi connectivity index (χ4n) is 0.505. The lowest BCUT2D eigenvalue weighted by atomic mass is 10.3. The molecule has 2 atom stereocenters. The van der Waals surface area contributed by atoms with Crippen LogP contribution >= 0.6 is 0 Å². The molecule has 2 unspecified atom stereocenters. The van der Waals surface area contributed by atoms with Crippen LogP contribution in [0.25, 0.3) is 0 Å². The lowest BCUT2D eigenvalue weighted by molar-refractivity contribution is 0.148. The molecule has 4 heteroatoms. The van der Waals surface area contributed by atoms with Gasteiger partial charge in [-0.05, 0) is 0 Å². The summed E-state index contributed by atoms with van der Waals surface area (Å²) in [6, 6.07) is 0. The van der Waals surface area contributed by atoms with Crippen LogP contribution in [-0.4, -0.2) is 16.9 Å². The highest BCUT2D eigenvalue weighted by Crippen LogP contribution is 2.08. The van der Waals surface area contributed by atoms with Crippen LogP contribution in [0, 0.1) is 12.3 Å². The summed E-state index contributed by atoms with van der Waals surface area (Å²) >= 11 is -1.61. The smallest absolute Gasteiger partial charge is 0.268 e. The average Bonchev–Trinajstić information content (AvgIpc) is 1.88. The Bertz CT molecular complexity index is 160. The molecule has 0 saturated carbocycles. The molecule has 1 saturated heterocycles. The van der Waals surface area contributed by atoms with Crippen molar-refractivity contribution in [2.45, 2.75) is 12.5 Å². The average molecular weight is 146 g/mol. The second-order valence-corrected chi connectivity index (χ2v) is 2.40. The van der Waals surface area contributed by atoms with E-state index in [4.69, 9.17) is 6.42 Å². The van der Waals surface area contributed by atoms with Gasteiger partial charge in [-0.25, -0.2) is 0 Å². The molecule has 50 valence electrons. The minimum atomic E-state index is -1.61. The van der Waals surface area contributed by atoms with E-state index in [1.165, 1.54) is 0 Å². The van der Waals surface area contributed by atoms with Gasteiger partial charge >= 0.3 is 11.4 Å². The number of terminal acetylenes is 1. The molecule has 0 bridgehead atoms. The fraction of sp³-hybridized carbons (Fsp3) is 0.600. The summed E-state index contributed by atoms with van der Waals surface area (Å²) in [6.45, 7) is 0.418. The summed E-state index contributed by atoms with van der Waals surface area (Å²) in [4.78, 5) is 0. The molecule has 1 aliphatic heterocycles. The van der Waals surface area contributed by atoms with Gasteiger partial charge in [-0.3, -0.25) is 8.37 Å². The summed E-state index contributed by atoms with van der Waals surface area (Å²) in [5, 5.41) is 0. The van der Waals surface area contributed by atoms with E-state index in [-0.39, 0.29) is 6.10 Å². The third-order valence-electron chi connectivity index (χ3n) is 0.940. The monoisotopic (exact) mass is 146 g/mol. The molecule has 0 aliphatic carbocycles. The number of rotatable bonds is 0. The van der Waals surface area contributed by atoms with E-state index in [0.717, 1.165) is 0 Å². The number of hydrogen-bond acceptors (Lipinski definition) is 3. The maximum atomic E-state index is 10.4. The van der Waals surface area contributed by atoms with Gasteiger partial charge in [-0.15, -0.1) is 6.42 Å². The summed E-state index contributed by atoms with van der Waals surface area (Å²) in [7, 11) is 0. The fourth-order valence-corrected chi connectivity index (χ4v) is 1.13. The minimum absolute atomic E-state index is 0.334. The Hall–Kier alpha value is -0.370. The second-order valence-electron chi connectivity index (χ2n) is 1.57. The lowest BCUT2D eigenvalue weighted by Crippen LogP contribution is -2.22. The topological polar surface area (TPSA) is 35.5 Å². The third-order valence-corrected chi connectivity index (χ3v) is 1.69. The molecule has 9 heavy (non-hydrogen) atoms. The van der Waals surface area contributed by atoms with E-state index in [9.17, 15) is 4.21 Å². The van der Waals surface area contributed by atoms with Crippen molar-refractivity contribution in [3.8, 4) is 12.3 Å². The molecule has 0 N–H and O–H groups in total. The van der Waals surface area contributed by atoms with Crippen LogP contribution in [0.5, 0.6) is 0 Å². The predicted molar refractivity (Wildman–Crippen MR) is 32.4 cm³/mol. The Morgan fingerprint density at radius 1 is 1.78 bits per heavy atom.